The van der Waals surface area contributed by atoms with E-state index in [-0.39, 0.29) is 11.6 Å². The molecule has 2 rings (SSSR count). The number of hydrogen-bond donors (Lipinski definition) is 3. The molecule has 0 amide bonds. The second-order valence-electron chi connectivity index (χ2n) is 4.59. The molecule has 5 N–H and O–H groups in total. The Morgan fingerprint density at radius 3 is 2.82 bits per heavy atom. The van der Waals surface area contributed by atoms with Crippen LogP contribution in [0.25, 0.3) is 0 Å². The van der Waals surface area contributed by atoms with Crippen molar-refractivity contribution in [1.82, 2.24) is 10.4 Å². The molecule has 0 saturated heterocycles. The van der Waals surface area contributed by atoms with Crippen molar-refractivity contribution in [2.75, 3.05) is 12.8 Å². The average Bonchev–Trinajstić information content (AvgIpc) is 2.29. The van der Waals surface area contributed by atoms with Crippen LogP contribution in [0.15, 0.2) is 18.3 Å². The van der Waals surface area contributed by atoms with E-state index in [4.69, 9.17) is 16.3 Å². The third-order valence-electron chi connectivity index (χ3n) is 3.79. The predicted octanol–water partition coefficient (Wildman–Crippen LogP) is 0.607. The van der Waals surface area contributed by atoms with Gasteiger partial charge in [-0.15, -0.1) is 0 Å². The van der Waals surface area contributed by atoms with Gasteiger partial charge in [0.25, 0.3) is 0 Å². The van der Waals surface area contributed by atoms with E-state index in [0.717, 1.165) is 24.8 Å². The minimum atomic E-state index is -0.142. The molecule has 1 aliphatic rings. The maximum absolute atomic E-state index is 5.85. The number of hydrogen-bond acceptors (Lipinski definition) is 5. The molecule has 0 radical (unpaired) electrons. The van der Waals surface area contributed by atoms with E-state index in [1.54, 1.807) is 13.3 Å². The molecule has 1 aromatic rings. The maximum atomic E-state index is 5.85. The Hall–Kier alpha value is -1.17. The Morgan fingerprint density at radius 2 is 2.35 bits per heavy atom. The van der Waals surface area contributed by atoms with Crippen molar-refractivity contribution >= 4 is 5.82 Å². The Labute approximate surface area is 102 Å². The van der Waals surface area contributed by atoms with Crippen LogP contribution in [0, 0.1) is 0 Å². The summed E-state index contributed by atoms with van der Waals surface area (Å²) in [6, 6.07) is 3.95. The number of nitrogens with zero attached hydrogens (tertiary/aromatic N) is 1. The smallest absolute Gasteiger partial charge is 0.126 e. The van der Waals surface area contributed by atoms with Crippen molar-refractivity contribution in [1.29, 1.82) is 0 Å². The lowest BCUT2D eigenvalue weighted by Gasteiger charge is -2.46. The number of methoxy groups -OCH3 is 1. The second kappa shape index (κ2) is 5.00. The van der Waals surface area contributed by atoms with Gasteiger partial charge < -0.3 is 10.5 Å². The largest absolute Gasteiger partial charge is 0.383 e. The SMILES string of the molecule is COC1(C(Cc2cccnc2N)NN)CCC1. The number of nitrogen functional groups attached to an aromatic ring is 1. The standard InChI is InChI=1S/C12H20N4O/c1-17-12(5-3-6-12)10(16-14)8-9-4-2-7-15-11(9)13/h2,4,7,10,16H,3,5-6,8,14H2,1H3,(H2,13,15). The van der Waals surface area contributed by atoms with Crippen LogP contribution >= 0.6 is 0 Å². The molecule has 17 heavy (non-hydrogen) atoms. The van der Waals surface area contributed by atoms with Gasteiger partial charge in [-0.05, 0) is 37.3 Å². The van der Waals surface area contributed by atoms with E-state index < -0.39 is 0 Å². The number of anilines is 1. The van der Waals surface area contributed by atoms with Crippen LogP contribution in [0.1, 0.15) is 24.8 Å². The molecule has 5 heteroatoms. The van der Waals surface area contributed by atoms with Gasteiger partial charge in [0.1, 0.15) is 5.82 Å². The van der Waals surface area contributed by atoms with Gasteiger partial charge in [-0.2, -0.15) is 0 Å². The second-order valence-corrected chi connectivity index (χ2v) is 4.59. The fraction of sp³-hybridized carbons (Fsp3) is 0.583. The molecule has 0 spiro atoms. The van der Waals surface area contributed by atoms with E-state index in [1.807, 2.05) is 12.1 Å². The Balaban J connectivity index is 2.13. The van der Waals surface area contributed by atoms with E-state index in [2.05, 4.69) is 10.4 Å². The minimum absolute atomic E-state index is 0.0766. The van der Waals surface area contributed by atoms with Crippen molar-refractivity contribution in [3.63, 3.8) is 0 Å². The molecule has 0 bridgehead atoms. The monoisotopic (exact) mass is 236 g/mol. The zero-order chi connectivity index (χ0) is 12.3. The normalized spacial score (nSPS) is 19.6. The summed E-state index contributed by atoms with van der Waals surface area (Å²) in [7, 11) is 1.75. The topological polar surface area (TPSA) is 86.2 Å². The van der Waals surface area contributed by atoms with E-state index in [0.29, 0.717) is 5.82 Å². The molecule has 1 atom stereocenters. The van der Waals surface area contributed by atoms with Gasteiger partial charge in [-0.1, -0.05) is 6.07 Å². The van der Waals surface area contributed by atoms with Crippen LogP contribution in [0.3, 0.4) is 0 Å². The predicted molar refractivity (Wildman–Crippen MR) is 67.1 cm³/mol. The molecular weight excluding hydrogens is 216 g/mol. The number of ether oxygens (including phenoxy) is 1. The van der Waals surface area contributed by atoms with Gasteiger partial charge in [-0.25, -0.2) is 4.98 Å². The summed E-state index contributed by atoms with van der Waals surface area (Å²) >= 11 is 0. The molecule has 0 aromatic carbocycles. The van der Waals surface area contributed by atoms with Gasteiger partial charge in [0.15, 0.2) is 0 Å². The van der Waals surface area contributed by atoms with Crippen molar-refractivity contribution < 1.29 is 4.74 Å². The zero-order valence-corrected chi connectivity index (χ0v) is 10.1. The molecule has 1 heterocycles. The molecule has 1 unspecified atom stereocenters. The third-order valence-corrected chi connectivity index (χ3v) is 3.79. The minimum Gasteiger partial charge on any atom is -0.383 e. The lowest BCUT2D eigenvalue weighted by molar-refractivity contribution is -0.0981. The van der Waals surface area contributed by atoms with Gasteiger partial charge in [0, 0.05) is 13.3 Å². The Kier molecular flexibility index (Phi) is 3.61. The fourth-order valence-electron chi connectivity index (χ4n) is 2.46. The van der Waals surface area contributed by atoms with Crippen molar-refractivity contribution in [2.24, 2.45) is 5.84 Å². The summed E-state index contributed by atoms with van der Waals surface area (Å²) in [4.78, 5) is 4.09. The number of pyridine rings is 1. The van der Waals surface area contributed by atoms with Gasteiger partial charge in [0.05, 0.1) is 11.6 Å². The van der Waals surface area contributed by atoms with Crippen LogP contribution in [0.4, 0.5) is 5.82 Å². The summed E-state index contributed by atoms with van der Waals surface area (Å²) in [6.07, 6.45) is 5.70. The highest BCUT2D eigenvalue weighted by Gasteiger charge is 2.44. The van der Waals surface area contributed by atoms with Gasteiger partial charge in [0.2, 0.25) is 0 Å². The van der Waals surface area contributed by atoms with Crippen LogP contribution in [-0.2, 0) is 11.2 Å². The lowest BCUT2D eigenvalue weighted by atomic mass is 9.73. The molecular formula is C12H20N4O. The molecule has 1 saturated carbocycles. The van der Waals surface area contributed by atoms with E-state index >= 15 is 0 Å². The van der Waals surface area contributed by atoms with Crippen molar-refractivity contribution in [3.05, 3.63) is 23.9 Å². The maximum Gasteiger partial charge on any atom is 0.126 e. The first-order valence-electron chi connectivity index (χ1n) is 5.92. The molecule has 1 aromatic heterocycles. The van der Waals surface area contributed by atoms with Crippen LogP contribution < -0.4 is 17.0 Å². The zero-order valence-electron chi connectivity index (χ0n) is 10.1. The molecule has 1 aliphatic carbocycles. The van der Waals surface area contributed by atoms with E-state index in [1.165, 1.54) is 6.42 Å². The highest BCUT2D eigenvalue weighted by molar-refractivity contribution is 5.39. The number of rotatable bonds is 5. The first-order chi connectivity index (χ1) is 8.22. The van der Waals surface area contributed by atoms with Crippen molar-refractivity contribution in [3.8, 4) is 0 Å². The number of hydrazine groups is 1. The number of nitrogens with two attached hydrogens (primary N) is 2. The summed E-state index contributed by atoms with van der Waals surface area (Å²) in [5, 5.41) is 0. The molecule has 94 valence electrons. The number of aromatic nitrogens is 1. The first-order valence-corrected chi connectivity index (χ1v) is 5.92. The summed E-state index contributed by atoms with van der Waals surface area (Å²) in [5.41, 5.74) is 9.58. The highest BCUT2D eigenvalue weighted by atomic mass is 16.5. The Morgan fingerprint density at radius 1 is 1.59 bits per heavy atom. The van der Waals surface area contributed by atoms with E-state index in [9.17, 15) is 0 Å². The first kappa shape index (κ1) is 12.3. The Bertz CT molecular complexity index is 373. The van der Waals surface area contributed by atoms with Gasteiger partial charge in [-0.3, -0.25) is 11.3 Å². The van der Waals surface area contributed by atoms with Gasteiger partial charge >= 0.3 is 0 Å². The molecule has 0 aliphatic heterocycles. The third kappa shape index (κ3) is 2.26. The number of nitrogens with one attached hydrogen (secondary N) is 1. The van der Waals surface area contributed by atoms with Crippen molar-refractivity contribution in [2.45, 2.75) is 37.3 Å². The summed E-state index contributed by atoms with van der Waals surface area (Å²) in [6.45, 7) is 0. The van der Waals surface area contributed by atoms with Crippen LogP contribution in [0.5, 0.6) is 0 Å². The molecule has 5 nitrogen and oxygen atoms in total. The quantitative estimate of drug-likeness (QED) is 0.515. The highest BCUT2D eigenvalue weighted by Crippen LogP contribution is 2.39. The van der Waals surface area contributed by atoms with Crippen LogP contribution in [-0.4, -0.2) is 23.7 Å². The molecule has 1 fully saturated rings. The lowest BCUT2D eigenvalue weighted by Crippen LogP contribution is -2.59. The summed E-state index contributed by atoms with van der Waals surface area (Å²) < 4.78 is 5.64. The average molecular weight is 236 g/mol. The summed E-state index contributed by atoms with van der Waals surface area (Å²) in [5.74, 6) is 6.22. The van der Waals surface area contributed by atoms with Crippen LogP contribution in [0.2, 0.25) is 0 Å². The fourth-order valence-corrected chi connectivity index (χ4v) is 2.46.